The van der Waals surface area contributed by atoms with Gasteiger partial charge in [-0.1, -0.05) is 36.4 Å². The number of aryl methyl sites for hydroxylation is 3. The zero-order valence-electron chi connectivity index (χ0n) is 20.3. The van der Waals surface area contributed by atoms with Gasteiger partial charge in [0.05, 0.1) is 0 Å². The maximum Gasteiger partial charge on any atom is 0.267 e. The lowest BCUT2D eigenvalue weighted by Crippen LogP contribution is -2.41. The Hall–Kier alpha value is -3.80. The number of fused-ring (bicyclic) bond motifs is 1. The lowest BCUT2D eigenvalue weighted by atomic mass is 10.0. The molecule has 0 aliphatic heterocycles. The molecule has 0 fully saturated rings. The van der Waals surface area contributed by atoms with Crippen LogP contribution >= 0.6 is 0 Å². The minimum absolute atomic E-state index is 0.00843. The van der Waals surface area contributed by atoms with Crippen molar-refractivity contribution in [3.05, 3.63) is 95.4 Å². The quantitative estimate of drug-likeness (QED) is 0.429. The summed E-state index contributed by atoms with van der Waals surface area (Å²) in [7, 11) is 5.73. The van der Waals surface area contributed by atoms with E-state index in [1.165, 1.54) is 0 Å². The average molecular weight is 457 g/mol. The molecule has 2 aromatic heterocycles. The van der Waals surface area contributed by atoms with Crippen LogP contribution in [0.15, 0.2) is 72.9 Å². The SMILES string of the molecule is Cc1cc2c(C(=O)N(C)C(CCNC(=O)c3cccn3C)Cc3ccccc3)cccc2n1C. The molecule has 0 saturated carbocycles. The van der Waals surface area contributed by atoms with E-state index >= 15 is 0 Å². The van der Waals surface area contributed by atoms with Crippen LogP contribution in [0.3, 0.4) is 0 Å². The van der Waals surface area contributed by atoms with Gasteiger partial charge in [0, 0.05) is 62.1 Å². The van der Waals surface area contributed by atoms with Crippen molar-refractivity contribution in [2.75, 3.05) is 13.6 Å². The van der Waals surface area contributed by atoms with Crippen molar-refractivity contribution in [2.45, 2.75) is 25.8 Å². The van der Waals surface area contributed by atoms with Gasteiger partial charge in [-0.2, -0.15) is 0 Å². The molecule has 1 N–H and O–H groups in total. The molecule has 0 spiro atoms. The molecule has 4 rings (SSSR count). The molecule has 6 nitrogen and oxygen atoms in total. The van der Waals surface area contributed by atoms with Gasteiger partial charge in [0.2, 0.25) is 0 Å². The van der Waals surface area contributed by atoms with Crippen molar-refractivity contribution in [2.24, 2.45) is 14.1 Å². The number of carbonyl (C=O) groups is 2. The molecule has 6 heteroatoms. The number of amides is 2. The fourth-order valence-corrected chi connectivity index (χ4v) is 4.49. The molecular formula is C28H32N4O2. The molecular weight excluding hydrogens is 424 g/mol. The molecule has 2 amide bonds. The van der Waals surface area contributed by atoms with E-state index in [2.05, 4.69) is 28.1 Å². The Morgan fingerprint density at radius 3 is 2.47 bits per heavy atom. The van der Waals surface area contributed by atoms with Gasteiger partial charge >= 0.3 is 0 Å². The van der Waals surface area contributed by atoms with Crippen molar-refractivity contribution in [3.63, 3.8) is 0 Å². The molecule has 0 aliphatic carbocycles. The highest BCUT2D eigenvalue weighted by molar-refractivity contribution is 6.06. The zero-order chi connectivity index (χ0) is 24.2. The number of hydrogen-bond donors (Lipinski definition) is 1. The predicted molar refractivity (Wildman–Crippen MR) is 136 cm³/mol. The van der Waals surface area contributed by atoms with E-state index in [4.69, 9.17) is 0 Å². The highest BCUT2D eigenvalue weighted by Gasteiger charge is 2.24. The molecule has 2 aromatic carbocycles. The number of hydrogen-bond acceptors (Lipinski definition) is 2. The molecule has 176 valence electrons. The summed E-state index contributed by atoms with van der Waals surface area (Å²) in [6, 6.07) is 21.7. The smallest absolute Gasteiger partial charge is 0.267 e. The highest BCUT2D eigenvalue weighted by Crippen LogP contribution is 2.24. The lowest BCUT2D eigenvalue weighted by molar-refractivity contribution is 0.0725. The van der Waals surface area contributed by atoms with Crippen molar-refractivity contribution >= 4 is 22.7 Å². The Bertz CT molecular complexity index is 1300. The third-order valence-corrected chi connectivity index (χ3v) is 6.68. The van der Waals surface area contributed by atoms with E-state index in [-0.39, 0.29) is 17.9 Å². The van der Waals surface area contributed by atoms with E-state index in [1.54, 1.807) is 10.6 Å². The Morgan fingerprint density at radius 1 is 1.00 bits per heavy atom. The maximum absolute atomic E-state index is 13.7. The topological polar surface area (TPSA) is 59.3 Å². The first-order valence-corrected chi connectivity index (χ1v) is 11.6. The molecule has 0 aliphatic rings. The first-order valence-electron chi connectivity index (χ1n) is 11.6. The van der Waals surface area contributed by atoms with E-state index in [1.807, 2.05) is 81.6 Å². The molecule has 2 heterocycles. The number of benzene rings is 2. The average Bonchev–Trinajstić information content (AvgIpc) is 3.40. The van der Waals surface area contributed by atoms with Gasteiger partial charge in [0.15, 0.2) is 0 Å². The number of carbonyl (C=O) groups excluding carboxylic acids is 2. The minimum atomic E-state index is -0.107. The van der Waals surface area contributed by atoms with Gasteiger partial charge in [0.25, 0.3) is 11.8 Å². The Morgan fingerprint density at radius 2 is 1.76 bits per heavy atom. The molecule has 34 heavy (non-hydrogen) atoms. The van der Waals surface area contributed by atoms with Gasteiger partial charge in [-0.05, 0) is 55.7 Å². The van der Waals surface area contributed by atoms with Gasteiger partial charge in [-0.15, -0.1) is 0 Å². The van der Waals surface area contributed by atoms with Gasteiger partial charge in [-0.3, -0.25) is 9.59 Å². The van der Waals surface area contributed by atoms with Crippen LogP contribution in [-0.2, 0) is 20.5 Å². The third-order valence-electron chi connectivity index (χ3n) is 6.68. The number of nitrogens with zero attached hydrogens (tertiary/aromatic N) is 3. The normalized spacial score (nSPS) is 12.0. The van der Waals surface area contributed by atoms with Gasteiger partial charge in [-0.25, -0.2) is 0 Å². The molecule has 0 radical (unpaired) electrons. The van der Waals surface area contributed by atoms with E-state index in [0.29, 0.717) is 30.6 Å². The fraction of sp³-hybridized carbons (Fsp3) is 0.286. The molecule has 0 saturated heterocycles. The summed E-state index contributed by atoms with van der Waals surface area (Å²) in [6.07, 6.45) is 3.22. The minimum Gasteiger partial charge on any atom is -0.351 e. The van der Waals surface area contributed by atoms with Crippen LogP contribution in [0.25, 0.3) is 10.9 Å². The summed E-state index contributed by atoms with van der Waals surface area (Å²) in [5.41, 5.74) is 4.65. The molecule has 4 aromatic rings. The predicted octanol–water partition coefficient (Wildman–Crippen LogP) is 4.33. The first kappa shape index (κ1) is 23.4. The fourth-order valence-electron chi connectivity index (χ4n) is 4.49. The Kier molecular flexibility index (Phi) is 6.87. The summed E-state index contributed by atoms with van der Waals surface area (Å²) >= 11 is 0. The Balaban J connectivity index is 1.54. The number of aromatic nitrogens is 2. The summed E-state index contributed by atoms with van der Waals surface area (Å²) in [6.45, 7) is 2.53. The van der Waals surface area contributed by atoms with Crippen LogP contribution in [0, 0.1) is 6.92 Å². The van der Waals surface area contributed by atoms with Crippen LogP contribution in [0.2, 0.25) is 0 Å². The summed E-state index contributed by atoms with van der Waals surface area (Å²) in [5.74, 6) is -0.115. The second-order valence-corrected chi connectivity index (χ2v) is 8.89. The molecule has 1 unspecified atom stereocenters. The van der Waals surface area contributed by atoms with Crippen LogP contribution in [0.4, 0.5) is 0 Å². The monoisotopic (exact) mass is 456 g/mol. The van der Waals surface area contributed by atoms with Crippen molar-refractivity contribution in [1.29, 1.82) is 0 Å². The second-order valence-electron chi connectivity index (χ2n) is 8.89. The summed E-state index contributed by atoms with van der Waals surface area (Å²) in [5, 5.41) is 3.98. The first-order chi connectivity index (χ1) is 16.4. The summed E-state index contributed by atoms with van der Waals surface area (Å²) < 4.78 is 3.90. The number of nitrogens with one attached hydrogen (secondary N) is 1. The van der Waals surface area contributed by atoms with Gasteiger partial charge < -0.3 is 19.4 Å². The van der Waals surface area contributed by atoms with E-state index in [0.717, 1.165) is 22.2 Å². The van der Waals surface area contributed by atoms with Crippen molar-refractivity contribution < 1.29 is 9.59 Å². The second kappa shape index (κ2) is 10.00. The Labute approximate surface area is 200 Å². The van der Waals surface area contributed by atoms with Crippen molar-refractivity contribution in [3.8, 4) is 0 Å². The van der Waals surface area contributed by atoms with E-state index in [9.17, 15) is 9.59 Å². The zero-order valence-corrected chi connectivity index (χ0v) is 20.3. The van der Waals surface area contributed by atoms with Gasteiger partial charge in [0.1, 0.15) is 5.69 Å². The standard InChI is InChI=1S/C28H32N4O2/c1-20-18-24-23(12-8-13-25(24)31(20)3)28(34)32(4)22(19-21-10-6-5-7-11-21)15-16-29-27(33)26-14-9-17-30(26)2/h5-14,17-18,22H,15-16,19H2,1-4H3,(H,29,33). The lowest BCUT2D eigenvalue weighted by Gasteiger charge is -2.29. The number of likely N-dealkylation sites (N-methyl/N-ethyl adjacent to an activating group) is 1. The summed E-state index contributed by atoms with van der Waals surface area (Å²) in [4.78, 5) is 28.1. The van der Waals surface area contributed by atoms with Crippen LogP contribution in [-0.4, -0.2) is 45.5 Å². The third kappa shape index (κ3) is 4.76. The van der Waals surface area contributed by atoms with Crippen LogP contribution in [0.5, 0.6) is 0 Å². The van der Waals surface area contributed by atoms with Crippen LogP contribution < -0.4 is 5.32 Å². The molecule has 1 atom stereocenters. The highest BCUT2D eigenvalue weighted by atomic mass is 16.2. The maximum atomic E-state index is 13.7. The molecule has 0 bridgehead atoms. The van der Waals surface area contributed by atoms with Crippen molar-refractivity contribution in [1.82, 2.24) is 19.4 Å². The van der Waals surface area contributed by atoms with Crippen LogP contribution in [0.1, 0.15) is 38.5 Å². The number of rotatable bonds is 8. The van der Waals surface area contributed by atoms with E-state index < -0.39 is 0 Å². The largest absolute Gasteiger partial charge is 0.351 e.